The Balaban J connectivity index is 2.75. The van der Waals surface area contributed by atoms with E-state index in [1.54, 1.807) is 0 Å². The quantitative estimate of drug-likeness (QED) is 0.753. The van der Waals surface area contributed by atoms with Gasteiger partial charge >= 0.3 is 5.97 Å². The number of aromatic nitrogens is 1. The van der Waals surface area contributed by atoms with E-state index in [0.717, 1.165) is 20.9 Å². The number of hydrogen-bond donors (Lipinski definition) is 0. The molecule has 0 amide bonds. The van der Waals surface area contributed by atoms with Crippen LogP contribution < -0.4 is 0 Å². The van der Waals surface area contributed by atoms with E-state index in [-0.39, 0.29) is 5.97 Å². The number of fused-ring (bicyclic) bond motifs is 1. The van der Waals surface area contributed by atoms with Crippen LogP contribution in [0.5, 0.6) is 0 Å². The zero-order valence-electron chi connectivity index (χ0n) is 8.95. The summed E-state index contributed by atoms with van der Waals surface area (Å²) in [4.78, 5) is 15.8. The van der Waals surface area contributed by atoms with E-state index >= 15 is 0 Å². The third-order valence-corrected chi connectivity index (χ3v) is 3.29. The molecule has 4 heteroatoms. The first-order chi connectivity index (χ1) is 7.65. The van der Waals surface area contributed by atoms with Crippen molar-refractivity contribution in [2.24, 2.45) is 0 Å². The molecule has 0 unspecified atom stereocenters. The highest BCUT2D eigenvalue weighted by Gasteiger charge is 2.14. The predicted molar refractivity (Wildman–Crippen MR) is 65.5 cm³/mol. The zero-order chi connectivity index (χ0) is 11.7. The molecule has 2 aromatic rings. The molecule has 0 atom stereocenters. The second-order valence-corrected chi connectivity index (χ2v) is 4.24. The number of halogens is 1. The van der Waals surface area contributed by atoms with Gasteiger partial charge in [-0.1, -0.05) is 18.2 Å². The van der Waals surface area contributed by atoms with Gasteiger partial charge in [-0.05, 0) is 28.4 Å². The molecule has 16 heavy (non-hydrogen) atoms. The fourth-order valence-corrected chi connectivity index (χ4v) is 2.17. The maximum atomic E-state index is 11.5. The second kappa shape index (κ2) is 4.22. The summed E-state index contributed by atoms with van der Waals surface area (Å²) < 4.78 is 5.42. The molecule has 1 heterocycles. The molecule has 0 aliphatic carbocycles. The highest BCUT2D eigenvalue weighted by Crippen LogP contribution is 2.28. The molecule has 82 valence electrons. The van der Waals surface area contributed by atoms with E-state index in [1.165, 1.54) is 13.3 Å². The fourth-order valence-electron chi connectivity index (χ4n) is 1.59. The van der Waals surface area contributed by atoms with Gasteiger partial charge in [0.25, 0.3) is 0 Å². The first-order valence-electron chi connectivity index (χ1n) is 4.77. The largest absolute Gasteiger partial charge is 0.465 e. The highest BCUT2D eigenvalue weighted by atomic mass is 79.9. The van der Waals surface area contributed by atoms with Gasteiger partial charge < -0.3 is 4.74 Å². The van der Waals surface area contributed by atoms with Crippen molar-refractivity contribution in [2.75, 3.05) is 7.11 Å². The summed E-state index contributed by atoms with van der Waals surface area (Å²) in [6, 6.07) is 5.84. The van der Waals surface area contributed by atoms with Crippen LogP contribution in [0.15, 0.2) is 28.9 Å². The summed E-state index contributed by atoms with van der Waals surface area (Å²) in [5, 5.41) is 0.919. The maximum Gasteiger partial charge on any atom is 0.340 e. The van der Waals surface area contributed by atoms with Gasteiger partial charge in [-0.15, -0.1) is 0 Å². The first-order valence-corrected chi connectivity index (χ1v) is 5.56. The summed E-state index contributed by atoms with van der Waals surface area (Å²) in [6.07, 6.45) is 1.53. The van der Waals surface area contributed by atoms with Gasteiger partial charge in [-0.2, -0.15) is 0 Å². The maximum absolute atomic E-state index is 11.5. The van der Waals surface area contributed by atoms with E-state index in [9.17, 15) is 4.79 Å². The van der Waals surface area contributed by atoms with Crippen molar-refractivity contribution in [3.05, 3.63) is 40.0 Å². The number of carbonyl (C=O) groups is 1. The lowest BCUT2D eigenvalue weighted by Crippen LogP contribution is -2.03. The Kier molecular flexibility index (Phi) is 2.92. The molecular formula is C12H10BrNO2. The lowest BCUT2D eigenvalue weighted by Gasteiger charge is -2.07. The van der Waals surface area contributed by atoms with E-state index in [1.807, 2.05) is 25.1 Å². The molecule has 0 N–H and O–H groups in total. The number of rotatable bonds is 1. The van der Waals surface area contributed by atoms with E-state index in [2.05, 4.69) is 25.7 Å². The third-order valence-electron chi connectivity index (χ3n) is 2.44. The van der Waals surface area contributed by atoms with Gasteiger partial charge in [-0.25, -0.2) is 4.79 Å². The summed E-state index contributed by atoms with van der Waals surface area (Å²) in [5.74, 6) is -0.386. The summed E-state index contributed by atoms with van der Waals surface area (Å²) in [6.45, 7) is 1.99. The standard InChI is InChI=1S/C12H10BrNO2/c1-7-4-3-5-8-10(13)9(12(15)16-2)6-14-11(7)8/h3-6H,1-2H3. The molecule has 0 saturated carbocycles. The van der Waals surface area contributed by atoms with Crippen molar-refractivity contribution in [3.8, 4) is 0 Å². The highest BCUT2D eigenvalue weighted by molar-refractivity contribution is 9.10. The number of pyridine rings is 1. The van der Waals surface area contributed by atoms with Gasteiger partial charge in [0.2, 0.25) is 0 Å². The van der Waals surface area contributed by atoms with Crippen molar-refractivity contribution in [2.45, 2.75) is 6.92 Å². The molecule has 3 nitrogen and oxygen atoms in total. The number of carbonyl (C=O) groups excluding carboxylic acids is 1. The monoisotopic (exact) mass is 279 g/mol. The van der Waals surface area contributed by atoms with Crippen LogP contribution in [-0.2, 0) is 4.74 Å². The lowest BCUT2D eigenvalue weighted by atomic mass is 10.1. The molecule has 0 bridgehead atoms. The minimum absolute atomic E-state index is 0.386. The Morgan fingerprint density at radius 1 is 1.44 bits per heavy atom. The van der Waals surface area contributed by atoms with E-state index in [0.29, 0.717) is 5.56 Å². The molecule has 0 spiro atoms. The molecule has 0 saturated heterocycles. The topological polar surface area (TPSA) is 39.2 Å². The first kappa shape index (κ1) is 11.1. The summed E-state index contributed by atoms with van der Waals surface area (Å²) in [7, 11) is 1.36. The molecule has 0 fully saturated rings. The van der Waals surface area contributed by atoms with Crippen LogP contribution in [0.25, 0.3) is 10.9 Å². The van der Waals surface area contributed by atoms with Gasteiger partial charge in [0.15, 0.2) is 0 Å². The summed E-state index contributed by atoms with van der Waals surface area (Å²) >= 11 is 3.42. The lowest BCUT2D eigenvalue weighted by molar-refractivity contribution is 0.0599. The Morgan fingerprint density at radius 3 is 2.88 bits per heavy atom. The van der Waals surface area contributed by atoms with Gasteiger partial charge in [-0.3, -0.25) is 4.98 Å². The van der Waals surface area contributed by atoms with Crippen molar-refractivity contribution in [1.29, 1.82) is 0 Å². The Hall–Kier alpha value is -1.42. The van der Waals surface area contributed by atoms with Crippen LogP contribution in [0.4, 0.5) is 0 Å². The van der Waals surface area contributed by atoms with Crippen molar-refractivity contribution < 1.29 is 9.53 Å². The van der Waals surface area contributed by atoms with Crippen LogP contribution in [0.1, 0.15) is 15.9 Å². The van der Waals surface area contributed by atoms with Crippen LogP contribution in [0.2, 0.25) is 0 Å². The average molecular weight is 280 g/mol. The Labute approximate surface area is 102 Å². The smallest absolute Gasteiger partial charge is 0.340 e. The summed E-state index contributed by atoms with van der Waals surface area (Å²) in [5.41, 5.74) is 2.41. The van der Waals surface area contributed by atoms with Gasteiger partial charge in [0.1, 0.15) is 0 Å². The SMILES string of the molecule is COC(=O)c1cnc2c(C)cccc2c1Br. The van der Waals surface area contributed by atoms with Crippen molar-refractivity contribution in [3.63, 3.8) is 0 Å². The van der Waals surface area contributed by atoms with E-state index < -0.39 is 0 Å². The second-order valence-electron chi connectivity index (χ2n) is 3.45. The molecule has 0 radical (unpaired) electrons. The molecule has 0 aliphatic rings. The number of ether oxygens (including phenoxy) is 1. The van der Waals surface area contributed by atoms with Crippen LogP contribution in [0, 0.1) is 6.92 Å². The number of nitrogens with zero attached hydrogens (tertiary/aromatic N) is 1. The number of esters is 1. The van der Waals surface area contributed by atoms with Crippen LogP contribution >= 0.6 is 15.9 Å². The number of aryl methyl sites for hydroxylation is 1. The number of methoxy groups -OCH3 is 1. The molecule has 2 rings (SSSR count). The number of hydrogen-bond acceptors (Lipinski definition) is 3. The van der Waals surface area contributed by atoms with Crippen LogP contribution in [0.3, 0.4) is 0 Å². The molecule has 1 aromatic carbocycles. The minimum atomic E-state index is -0.386. The third kappa shape index (κ3) is 1.69. The minimum Gasteiger partial charge on any atom is -0.465 e. The predicted octanol–water partition coefficient (Wildman–Crippen LogP) is 3.09. The van der Waals surface area contributed by atoms with E-state index in [4.69, 9.17) is 0 Å². The van der Waals surface area contributed by atoms with Crippen molar-refractivity contribution in [1.82, 2.24) is 4.98 Å². The van der Waals surface area contributed by atoms with Gasteiger partial charge in [0.05, 0.1) is 18.2 Å². The number of para-hydroxylation sites is 1. The van der Waals surface area contributed by atoms with Crippen LogP contribution in [-0.4, -0.2) is 18.1 Å². The number of benzene rings is 1. The molecular weight excluding hydrogens is 270 g/mol. The molecule has 0 aliphatic heterocycles. The average Bonchev–Trinajstić information content (AvgIpc) is 2.30. The zero-order valence-corrected chi connectivity index (χ0v) is 10.5. The normalized spacial score (nSPS) is 10.4. The fraction of sp³-hybridized carbons (Fsp3) is 0.167. The van der Waals surface area contributed by atoms with Crippen molar-refractivity contribution >= 4 is 32.8 Å². The molecule has 1 aromatic heterocycles. The van der Waals surface area contributed by atoms with Gasteiger partial charge in [0, 0.05) is 16.1 Å². The Morgan fingerprint density at radius 2 is 2.19 bits per heavy atom. The Bertz CT molecular complexity index is 566.